The summed E-state index contributed by atoms with van der Waals surface area (Å²) in [5.74, 6) is -0.939. The zero-order valence-corrected chi connectivity index (χ0v) is 12.4. The molecule has 2 aromatic rings. The first-order chi connectivity index (χ1) is 10.5. The highest BCUT2D eigenvalue weighted by molar-refractivity contribution is 6.02. The van der Waals surface area contributed by atoms with Crippen LogP contribution in [-0.4, -0.2) is 16.7 Å². The number of halogens is 1. The largest absolute Gasteiger partial charge is 0.507 e. The van der Waals surface area contributed by atoms with Gasteiger partial charge in [-0.1, -0.05) is 19.1 Å². The monoisotopic (exact) mass is 300 g/mol. The molecule has 2 N–H and O–H groups in total. The average molecular weight is 300 g/mol. The summed E-state index contributed by atoms with van der Waals surface area (Å²) in [5.41, 5.74) is 4.57. The topological polar surface area (TPSA) is 61.7 Å². The number of nitrogens with zero attached hydrogens (tertiary/aromatic N) is 1. The van der Waals surface area contributed by atoms with Crippen molar-refractivity contribution in [2.75, 3.05) is 0 Å². The molecule has 0 atom stereocenters. The molecular weight excluding hydrogens is 283 g/mol. The Bertz CT molecular complexity index is 709. The normalized spacial score (nSPS) is 11.3. The highest BCUT2D eigenvalue weighted by Gasteiger charge is 2.08. The van der Waals surface area contributed by atoms with Crippen molar-refractivity contribution in [2.24, 2.45) is 5.10 Å². The predicted molar refractivity (Wildman–Crippen MR) is 83.6 cm³/mol. The van der Waals surface area contributed by atoms with Crippen LogP contribution >= 0.6 is 0 Å². The summed E-state index contributed by atoms with van der Waals surface area (Å²) in [6.45, 7) is 3.61. The highest BCUT2D eigenvalue weighted by atomic mass is 19.1. The Hall–Kier alpha value is -2.69. The number of aromatic hydroxyl groups is 1. The molecule has 0 bridgehead atoms. The van der Waals surface area contributed by atoms with Crippen molar-refractivity contribution in [3.05, 3.63) is 65.0 Å². The number of hydrogen-bond acceptors (Lipinski definition) is 3. The van der Waals surface area contributed by atoms with E-state index in [9.17, 15) is 14.3 Å². The molecule has 0 heterocycles. The molecule has 5 heteroatoms. The van der Waals surface area contributed by atoms with Gasteiger partial charge < -0.3 is 5.11 Å². The number of amides is 1. The smallest absolute Gasteiger partial charge is 0.271 e. The molecule has 1 amide bonds. The van der Waals surface area contributed by atoms with E-state index in [1.54, 1.807) is 19.1 Å². The van der Waals surface area contributed by atoms with Gasteiger partial charge in [0.1, 0.15) is 11.6 Å². The molecule has 0 spiro atoms. The summed E-state index contributed by atoms with van der Waals surface area (Å²) in [6.07, 6.45) is 0.901. The average Bonchev–Trinajstić information content (AvgIpc) is 2.54. The number of carbonyl (C=O) groups excluding carboxylic acids is 1. The molecule has 0 aromatic heterocycles. The first-order valence-electron chi connectivity index (χ1n) is 6.93. The Labute approximate surface area is 128 Å². The van der Waals surface area contributed by atoms with Gasteiger partial charge in [-0.15, -0.1) is 0 Å². The summed E-state index contributed by atoms with van der Waals surface area (Å²) in [6, 6.07) is 10.8. The van der Waals surface area contributed by atoms with E-state index in [4.69, 9.17) is 0 Å². The van der Waals surface area contributed by atoms with Gasteiger partial charge in [0, 0.05) is 11.1 Å². The number of phenols is 1. The molecule has 2 rings (SSSR count). The van der Waals surface area contributed by atoms with E-state index in [0.717, 1.165) is 24.1 Å². The van der Waals surface area contributed by atoms with Crippen LogP contribution in [0.1, 0.15) is 35.3 Å². The number of hydrazone groups is 1. The number of nitrogens with one attached hydrogen (secondary N) is 1. The zero-order chi connectivity index (χ0) is 16.1. The van der Waals surface area contributed by atoms with Gasteiger partial charge >= 0.3 is 0 Å². The third-order valence-electron chi connectivity index (χ3n) is 3.30. The first-order valence-corrected chi connectivity index (χ1v) is 6.93. The second-order valence-electron chi connectivity index (χ2n) is 4.85. The van der Waals surface area contributed by atoms with Crippen LogP contribution in [0.25, 0.3) is 0 Å². The van der Waals surface area contributed by atoms with Crippen LogP contribution in [0, 0.1) is 5.82 Å². The lowest BCUT2D eigenvalue weighted by atomic mass is 10.1. The van der Waals surface area contributed by atoms with Crippen molar-refractivity contribution in [3.63, 3.8) is 0 Å². The van der Waals surface area contributed by atoms with Crippen LogP contribution in [-0.2, 0) is 6.42 Å². The van der Waals surface area contributed by atoms with E-state index in [1.165, 1.54) is 6.07 Å². The van der Waals surface area contributed by atoms with Crippen LogP contribution in [0.15, 0.2) is 47.6 Å². The SMILES string of the molecule is CCc1ccc(C(=O)N/N=C(\C)c2cc(F)ccc2O)cc1. The van der Waals surface area contributed by atoms with E-state index in [1.807, 2.05) is 19.1 Å². The maximum Gasteiger partial charge on any atom is 0.271 e. The van der Waals surface area contributed by atoms with Crippen molar-refractivity contribution in [3.8, 4) is 5.75 Å². The number of phenolic OH excluding ortho intramolecular Hbond substituents is 1. The quantitative estimate of drug-likeness (QED) is 0.672. The lowest BCUT2D eigenvalue weighted by Gasteiger charge is -2.06. The molecular formula is C17H17FN2O2. The molecule has 0 radical (unpaired) electrons. The van der Waals surface area contributed by atoms with Gasteiger partial charge in [0.25, 0.3) is 5.91 Å². The third kappa shape index (κ3) is 3.69. The number of rotatable bonds is 4. The minimum atomic E-state index is -0.483. The fourth-order valence-corrected chi connectivity index (χ4v) is 1.95. The molecule has 2 aromatic carbocycles. The minimum Gasteiger partial charge on any atom is -0.507 e. The lowest BCUT2D eigenvalue weighted by molar-refractivity contribution is 0.0955. The van der Waals surface area contributed by atoms with Gasteiger partial charge in [0.15, 0.2) is 0 Å². The summed E-state index contributed by atoms with van der Waals surface area (Å²) in [5, 5.41) is 13.6. The number of carbonyl (C=O) groups is 1. The standard InChI is InChI=1S/C17H17FN2O2/c1-3-12-4-6-13(7-5-12)17(22)20-19-11(2)15-10-14(18)8-9-16(15)21/h4-10,21H,3H2,1-2H3,(H,20,22)/b19-11+. The van der Waals surface area contributed by atoms with Gasteiger partial charge in [-0.25, -0.2) is 9.82 Å². The Morgan fingerprint density at radius 3 is 2.55 bits per heavy atom. The number of hydrogen-bond donors (Lipinski definition) is 2. The second kappa shape index (κ2) is 6.85. The second-order valence-corrected chi connectivity index (χ2v) is 4.85. The van der Waals surface area contributed by atoms with Gasteiger partial charge in [0.2, 0.25) is 0 Å². The van der Waals surface area contributed by atoms with Crippen LogP contribution in [0.5, 0.6) is 5.75 Å². The minimum absolute atomic E-state index is 0.0933. The Balaban J connectivity index is 2.12. The number of benzene rings is 2. The summed E-state index contributed by atoms with van der Waals surface area (Å²) in [7, 11) is 0. The first kappa shape index (κ1) is 15.7. The van der Waals surface area contributed by atoms with E-state index in [2.05, 4.69) is 10.5 Å². The molecule has 4 nitrogen and oxygen atoms in total. The fraction of sp³-hybridized carbons (Fsp3) is 0.176. The maximum absolute atomic E-state index is 13.2. The van der Waals surface area contributed by atoms with Crippen molar-refractivity contribution < 1.29 is 14.3 Å². The zero-order valence-electron chi connectivity index (χ0n) is 12.4. The molecule has 22 heavy (non-hydrogen) atoms. The van der Waals surface area contributed by atoms with Crippen molar-refractivity contribution >= 4 is 11.6 Å². The van der Waals surface area contributed by atoms with Crippen LogP contribution in [0.3, 0.4) is 0 Å². The molecule has 0 fully saturated rings. The van der Waals surface area contributed by atoms with E-state index < -0.39 is 5.82 Å². The molecule has 114 valence electrons. The van der Waals surface area contributed by atoms with Crippen molar-refractivity contribution in [2.45, 2.75) is 20.3 Å². The summed E-state index contributed by atoms with van der Waals surface area (Å²) < 4.78 is 13.2. The molecule has 0 unspecified atom stereocenters. The Morgan fingerprint density at radius 2 is 1.91 bits per heavy atom. The van der Waals surface area contributed by atoms with E-state index in [0.29, 0.717) is 11.3 Å². The third-order valence-corrected chi connectivity index (χ3v) is 3.30. The molecule has 0 aliphatic rings. The van der Waals surface area contributed by atoms with Gasteiger partial charge in [-0.3, -0.25) is 4.79 Å². The maximum atomic E-state index is 13.2. The van der Waals surface area contributed by atoms with Crippen LogP contribution in [0.4, 0.5) is 4.39 Å². The summed E-state index contributed by atoms with van der Waals surface area (Å²) >= 11 is 0. The number of aryl methyl sites for hydroxylation is 1. The van der Waals surface area contributed by atoms with Crippen LogP contribution in [0.2, 0.25) is 0 Å². The van der Waals surface area contributed by atoms with Gasteiger partial charge in [-0.05, 0) is 49.2 Å². The van der Waals surface area contributed by atoms with Gasteiger partial charge in [0.05, 0.1) is 5.71 Å². The van der Waals surface area contributed by atoms with Gasteiger partial charge in [-0.2, -0.15) is 5.10 Å². The molecule has 0 aliphatic carbocycles. The van der Waals surface area contributed by atoms with Crippen molar-refractivity contribution in [1.82, 2.24) is 5.43 Å². The Kier molecular flexibility index (Phi) is 4.88. The molecule has 0 aliphatic heterocycles. The Morgan fingerprint density at radius 1 is 1.23 bits per heavy atom. The van der Waals surface area contributed by atoms with E-state index >= 15 is 0 Å². The predicted octanol–water partition coefficient (Wildman–Crippen LogP) is 3.25. The molecule has 0 saturated heterocycles. The molecule has 0 saturated carbocycles. The van der Waals surface area contributed by atoms with E-state index in [-0.39, 0.29) is 17.2 Å². The summed E-state index contributed by atoms with van der Waals surface area (Å²) in [4.78, 5) is 12.0. The fourth-order valence-electron chi connectivity index (χ4n) is 1.95. The lowest BCUT2D eigenvalue weighted by Crippen LogP contribution is -2.19. The van der Waals surface area contributed by atoms with Crippen LogP contribution < -0.4 is 5.43 Å². The van der Waals surface area contributed by atoms with Crippen molar-refractivity contribution in [1.29, 1.82) is 0 Å². The highest BCUT2D eigenvalue weighted by Crippen LogP contribution is 2.18.